The van der Waals surface area contributed by atoms with Crippen LogP contribution >= 0.6 is 11.6 Å². The summed E-state index contributed by atoms with van der Waals surface area (Å²) < 4.78 is 23.5. The van der Waals surface area contributed by atoms with E-state index in [0.29, 0.717) is 5.02 Å². The zero-order valence-corrected chi connectivity index (χ0v) is 10.8. The van der Waals surface area contributed by atoms with Gasteiger partial charge in [0.2, 0.25) is 10.0 Å². The van der Waals surface area contributed by atoms with E-state index < -0.39 is 22.0 Å². The smallest absolute Gasteiger partial charge is 0.250 e. The first-order chi connectivity index (χ1) is 7.78. The summed E-state index contributed by atoms with van der Waals surface area (Å²) in [6, 6.07) is 5.95. The number of nitrogens with two attached hydrogens (primary N) is 1. The van der Waals surface area contributed by atoms with Crippen molar-refractivity contribution in [3.8, 4) is 0 Å². The Morgan fingerprint density at radius 2 is 2.18 bits per heavy atom. The number of benzene rings is 1. The van der Waals surface area contributed by atoms with Gasteiger partial charge in [-0.15, -0.1) is 0 Å². The summed E-state index contributed by atoms with van der Waals surface area (Å²) in [7, 11) is -3.57. The lowest BCUT2D eigenvalue weighted by Gasteiger charge is -2.11. The molecule has 17 heavy (non-hydrogen) atoms. The van der Waals surface area contributed by atoms with Crippen molar-refractivity contribution in [1.82, 2.24) is 4.72 Å². The number of sulfonamides is 1. The highest BCUT2D eigenvalue weighted by atomic mass is 35.5. The van der Waals surface area contributed by atoms with E-state index in [1.807, 2.05) is 4.72 Å². The lowest BCUT2D eigenvalue weighted by atomic mass is 10.1. The molecule has 1 aromatic rings. The van der Waals surface area contributed by atoms with Gasteiger partial charge in [-0.3, -0.25) is 9.52 Å². The van der Waals surface area contributed by atoms with Crippen molar-refractivity contribution < 1.29 is 13.2 Å². The lowest BCUT2D eigenvalue weighted by molar-refractivity contribution is -0.120. The minimum atomic E-state index is -3.57. The maximum atomic E-state index is 11.4. The Morgan fingerprint density at radius 1 is 1.53 bits per heavy atom. The van der Waals surface area contributed by atoms with E-state index >= 15 is 0 Å². The first kappa shape index (κ1) is 14.0. The molecule has 5 nitrogen and oxygen atoms in total. The molecule has 1 rings (SSSR count). The fourth-order valence-corrected chi connectivity index (χ4v) is 2.00. The summed E-state index contributed by atoms with van der Waals surface area (Å²) in [5, 5.41) is 0.540. The van der Waals surface area contributed by atoms with Crippen LogP contribution in [0.15, 0.2) is 24.3 Å². The average molecular weight is 277 g/mol. The van der Waals surface area contributed by atoms with Crippen LogP contribution in [0, 0.1) is 0 Å². The van der Waals surface area contributed by atoms with E-state index in [9.17, 15) is 13.2 Å². The van der Waals surface area contributed by atoms with Crippen LogP contribution in [0.1, 0.15) is 5.56 Å². The molecule has 0 saturated carbocycles. The molecule has 1 amide bonds. The number of carbonyl (C=O) groups is 1. The van der Waals surface area contributed by atoms with Gasteiger partial charge < -0.3 is 5.73 Å². The van der Waals surface area contributed by atoms with Gasteiger partial charge in [0.15, 0.2) is 0 Å². The number of nitrogens with one attached hydrogen (secondary N) is 1. The third kappa shape index (κ3) is 5.16. The number of hydrogen-bond donors (Lipinski definition) is 2. The van der Waals surface area contributed by atoms with E-state index in [2.05, 4.69) is 0 Å². The maximum absolute atomic E-state index is 11.4. The molecule has 0 spiro atoms. The summed E-state index contributed by atoms with van der Waals surface area (Å²) in [5.74, 6) is -0.729. The molecule has 0 aliphatic heterocycles. The van der Waals surface area contributed by atoms with Gasteiger partial charge in [0, 0.05) is 5.02 Å². The standard InChI is InChI=1S/C10H13ClN2O3S/c1-17(15,16)13-10(14)9(12)6-7-3-2-4-8(11)5-7/h2-5,9H,6,12H2,1H3,(H,13,14)/t9-/m1/s1. The van der Waals surface area contributed by atoms with Gasteiger partial charge in [-0.2, -0.15) is 0 Å². The second kappa shape index (κ2) is 5.48. The lowest BCUT2D eigenvalue weighted by Crippen LogP contribution is -2.44. The van der Waals surface area contributed by atoms with Crippen LogP contribution in [0.5, 0.6) is 0 Å². The molecule has 0 fully saturated rings. The van der Waals surface area contributed by atoms with Crippen LogP contribution in [0.2, 0.25) is 5.02 Å². The predicted octanol–water partition coefficient (Wildman–Crippen LogP) is 0.286. The SMILES string of the molecule is CS(=O)(=O)NC(=O)[C@H](N)Cc1cccc(Cl)c1. The Kier molecular flexibility index (Phi) is 4.50. The first-order valence-corrected chi connectivity index (χ1v) is 7.06. The zero-order chi connectivity index (χ0) is 13.1. The second-order valence-corrected chi connectivity index (χ2v) is 5.86. The van der Waals surface area contributed by atoms with Crippen molar-refractivity contribution in [2.45, 2.75) is 12.5 Å². The first-order valence-electron chi connectivity index (χ1n) is 4.79. The highest BCUT2D eigenvalue weighted by molar-refractivity contribution is 7.89. The quantitative estimate of drug-likeness (QED) is 0.827. The van der Waals surface area contributed by atoms with E-state index in [-0.39, 0.29) is 6.42 Å². The van der Waals surface area contributed by atoms with Crippen molar-refractivity contribution in [2.75, 3.05) is 6.26 Å². The number of carbonyl (C=O) groups excluding carboxylic acids is 1. The molecule has 0 aliphatic rings. The fourth-order valence-electron chi connectivity index (χ4n) is 1.27. The minimum Gasteiger partial charge on any atom is -0.320 e. The van der Waals surface area contributed by atoms with Crippen LogP contribution in [-0.2, 0) is 21.2 Å². The maximum Gasteiger partial charge on any atom is 0.250 e. The van der Waals surface area contributed by atoms with E-state index in [1.54, 1.807) is 24.3 Å². The summed E-state index contributed by atoms with van der Waals surface area (Å²) >= 11 is 5.78. The van der Waals surface area contributed by atoms with E-state index in [1.165, 1.54) is 0 Å². The molecular formula is C10H13ClN2O3S. The molecule has 1 aromatic carbocycles. The minimum absolute atomic E-state index is 0.224. The van der Waals surface area contributed by atoms with Crippen LogP contribution in [-0.4, -0.2) is 26.6 Å². The van der Waals surface area contributed by atoms with Crippen LogP contribution in [0.4, 0.5) is 0 Å². The molecule has 0 aromatic heterocycles. The molecule has 1 atom stereocenters. The highest BCUT2D eigenvalue weighted by Crippen LogP contribution is 2.11. The van der Waals surface area contributed by atoms with Gasteiger partial charge in [0.05, 0.1) is 12.3 Å². The Balaban J connectivity index is 2.66. The van der Waals surface area contributed by atoms with Crippen molar-refractivity contribution in [3.05, 3.63) is 34.9 Å². The molecule has 94 valence electrons. The van der Waals surface area contributed by atoms with Crippen molar-refractivity contribution in [3.63, 3.8) is 0 Å². The van der Waals surface area contributed by atoms with Crippen molar-refractivity contribution >= 4 is 27.5 Å². The Labute approximate surface area is 105 Å². The monoisotopic (exact) mass is 276 g/mol. The Morgan fingerprint density at radius 3 is 2.71 bits per heavy atom. The van der Waals surface area contributed by atoms with E-state index in [0.717, 1.165) is 11.8 Å². The number of hydrogen-bond acceptors (Lipinski definition) is 4. The van der Waals surface area contributed by atoms with Crippen LogP contribution < -0.4 is 10.5 Å². The number of halogens is 1. The van der Waals surface area contributed by atoms with Crippen molar-refractivity contribution in [1.29, 1.82) is 0 Å². The van der Waals surface area contributed by atoms with Gasteiger partial charge in [-0.25, -0.2) is 8.42 Å². The highest BCUT2D eigenvalue weighted by Gasteiger charge is 2.17. The molecule has 0 saturated heterocycles. The fraction of sp³-hybridized carbons (Fsp3) is 0.300. The third-order valence-corrected chi connectivity index (χ3v) is 2.77. The second-order valence-electron chi connectivity index (χ2n) is 3.68. The Hall–Kier alpha value is -1.11. The third-order valence-electron chi connectivity index (χ3n) is 1.97. The van der Waals surface area contributed by atoms with Gasteiger partial charge in [0.25, 0.3) is 5.91 Å². The molecule has 0 aliphatic carbocycles. The van der Waals surface area contributed by atoms with Crippen LogP contribution in [0.25, 0.3) is 0 Å². The molecule has 3 N–H and O–H groups in total. The molecule has 0 unspecified atom stereocenters. The number of rotatable bonds is 4. The summed E-state index contributed by atoms with van der Waals surface area (Å²) in [4.78, 5) is 11.4. The largest absolute Gasteiger partial charge is 0.320 e. The predicted molar refractivity (Wildman–Crippen MR) is 66.1 cm³/mol. The van der Waals surface area contributed by atoms with Gasteiger partial charge >= 0.3 is 0 Å². The molecular weight excluding hydrogens is 264 g/mol. The van der Waals surface area contributed by atoms with Crippen molar-refractivity contribution in [2.24, 2.45) is 5.73 Å². The molecule has 0 radical (unpaired) electrons. The normalized spacial score (nSPS) is 13.1. The van der Waals surface area contributed by atoms with Gasteiger partial charge in [0.1, 0.15) is 0 Å². The zero-order valence-electron chi connectivity index (χ0n) is 9.18. The summed E-state index contributed by atoms with van der Waals surface area (Å²) in [6.45, 7) is 0. The molecule has 0 bridgehead atoms. The summed E-state index contributed by atoms with van der Waals surface area (Å²) in [5.41, 5.74) is 6.36. The Bertz CT molecular complexity index is 516. The molecule has 7 heteroatoms. The summed E-state index contributed by atoms with van der Waals surface area (Å²) in [6.07, 6.45) is 1.12. The number of amides is 1. The molecule has 0 heterocycles. The van der Waals surface area contributed by atoms with Crippen LogP contribution in [0.3, 0.4) is 0 Å². The van der Waals surface area contributed by atoms with Gasteiger partial charge in [-0.1, -0.05) is 23.7 Å². The average Bonchev–Trinajstić information content (AvgIpc) is 2.14. The van der Waals surface area contributed by atoms with E-state index in [4.69, 9.17) is 17.3 Å². The topological polar surface area (TPSA) is 89.3 Å². The van der Waals surface area contributed by atoms with Gasteiger partial charge in [-0.05, 0) is 24.1 Å².